The van der Waals surface area contributed by atoms with Gasteiger partial charge in [-0.05, 0) is 42.2 Å². The van der Waals surface area contributed by atoms with Crippen molar-refractivity contribution >= 4 is 35.1 Å². The summed E-state index contributed by atoms with van der Waals surface area (Å²) in [6.07, 6.45) is 3.25. The molecule has 3 heterocycles. The normalized spacial score (nSPS) is 17.7. The molecule has 0 spiro atoms. The van der Waals surface area contributed by atoms with Gasteiger partial charge in [0.25, 0.3) is 0 Å². The molecule has 31 heavy (non-hydrogen) atoms. The fourth-order valence-electron chi connectivity index (χ4n) is 4.13. The van der Waals surface area contributed by atoms with Gasteiger partial charge in [-0.3, -0.25) is 19.3 Å². The molecule has 2 aliphatic rings. The third kappa shape index (κ3) is 4.85. The zero-order valence-electron chi connectivity index (χ0n) is 17.2. The molecule has 0 unspecified atom stereocenters. The first-order valence-electron chi connectivity index (χ1n) is 10.5. The number of likely N-dealkylation sites (tertiary alicyclic amines) is 1. The van der Waals surface area contributed by atoms with E-state index in [0.717, 1.165) is 33.9 Å². The summed E-state index contributed by atoms with van der Waals surface area (Å²) < 4.78 is 0. The van der Waals surface area contributed by atoms with Crippen molar-refractivity contribution in [3.8, 4) is 0 Å². The molecule has 5 amide bonds. The number of carbonyl (C=O) groups is 4. The second-order valence-electron chi connectivity index (χ2n) is 7.97. The standard InChI is InChI=1S/C23H25N3O4S/c27-20(24-11-8-18(9-12-24)15-17-5-2-1-3-6-17)16-26-22(29)21(28)25(23(26)30)13-10-19-7-4-14-31-19/h1-7,14,18H,8-13,15-16H2. The molecule has 0 N–H and O–H groups in total. The van der Waals surface area contributed by atoms with Crippen LogP contribution in [0.1, 0.15) is 23.3 Å². The van der Waals surface area contributed by atoms with E-state index in [9.17, 15) is 19.2 Å². The first kappa shape index (κ1) is 21.2. The molecule has 0 bridgehead atoms. The number of thiophene rings is 1. The number of amides is 5. The Morgan fingerprint density at radius 1 is 0.935 bits per heavy atom. The van der Waals surface area contributed by atoms with Gasteiger partial charge in [0.1, 0.15) is 6.54 Å². The van der Waals surface area contributed by atoms with E-state index in [0.29, 0.717) is 25.4 Å². The van der Waals surface area contributed by atoms with Gasteiger partial charge >= 0.3 is 17.8 Å². The van der Waals surface area contributed by atoms with E-state index in [-0.39, 0.29) is 19.0 Å². The molecule has 162 valence electrons. The van der Waals surface area contributed by atoms with Gasteiger partial charge in [0, 0.05) is 30.9 Å². The Morgan fingerprint density at radius 2 is 1.65 bits per heavy atom. The second kappa shape index (κ2) is 9.43. The van der Waals surface area contributed by atoms with Crippen molar-refractivity contribution in [2.24, 2.45) is 5.92 Å². The largest absolute Gasteiger partial charge is 0.341 e. The third-order valence-corrected chi connectivity index (χ3v) is 6.86. The lowest BCUT2D eigenvalue weighted by Gasteiger charge is -2.32. The molecule has 2 saturated heterocycles. The van der Waals surface area contributed by atoms with Crippen LogP contribution in [-0.2, 0) is 27.2 Å². The number of hydrogen-bond donors (Lipinski definition) is 0. The summed E-state index contributed by atoms with van der Waals surface area (Å²) in [6.45, 7) is 0.965. The molecule has 7 nitrogen and oxygen atoms in total. The summed E-state index contributed by atoms with van der Waals surface area (Å²) in [5, 5.41) is 1.92. The van der Waals surface area contributed by atoms with E-state index in [1.54, 1.807) is 4.90 Å². The Balaban J connectivity index is 1.28. The topological polar surface area (TPSA) is 78.0 Å². The monoisotopic (exact) mass is 439 g/mol. The minimum Gasteiger partial charge on any atom is -0.341 e. The van der Waals surface area contributed by atoms with Gasteiger partial charge in [-0.2, -0.15) is 0 Å². The Bertz CT molecular complexity index is 952. The summed E-state index contributed by atoms with van der Waals surface area (Å²) in [4.78, 5) is 54.3. The molecule has 0 saturated carbocycles. The lowest BCUT2D eigenvalue weighted by Crippen LogP contribution is -2.46. The smallest absolute Gasteiger partial charge is 0.334 e. The highest BCUT2D eigenvalue weighted by molar-refractivity contribution is 7.09. The van der Waals surface area contributed by atoms with E-state index in [4.69, 9.17) is 0 Å². The second-order valence-corrected chi connectivity index (χ2v) is 9.01. The number of urea groups is 1. The summed E-state index contributed by atoms with van der Waals surface area (Å²) in [5.41, 5.74) is 1.29. The minimum atomic E-state index is -0.913. The van der Waals surface area contributed by atoms with Gasteiger partial charge in [0.2, 0.25) is 5.91 Å². The van der Waals surface area contributed by atoms with Gasteiger partial charge < -0.3 is 4.90 Å². The average molecular weight is 440 g/mol. The third-order valence-electron chi connectivity index (χ3n) is 5.92. The number of piperidine rings is 1. The molecule has 0 radical (unpaired) electrons. The van der Waals surface area contributed by atoms with Crippen molar-refractivity contribution in [1.29, 1.82) is 0 Å². The van der Waals surface area contributed by atoms with Crippen LogP contribution in [0, 0.1) is 5.92 Å². The van der Waals surface area contributed by atoms with Crippen LogP contribution in [0.5, 0.6) is 0 Å². The van der Waals surface area contributed by atoms with Crippen molar-refractivity contribution in [3.63, 3.8) is 0 Å². The van der Waals surface area contributed by atoms with Crippen LogP contribution in [0.2, 0.25) is 0 Å². The molecule has 0 atom stereocenters. The van der Waals surface area contributed by atoms with Gasteiger partial charge in [-0.15, -0.1) is 11.3 Å². The fourth-order valence-corrected chi connectivity index (χ4v) is 4.83. The number of benzene rings is 1. The molecule has 2 fully saturated rings. The fraction of sp³-hybridized carbons (Fsp3) is 0.391. The lowest BCUT2D eigenvalue weighted by atomic mass is 9.90. The van der Waals surface area contributed by atoms with Crippen LogP contribution in [0.3, 0.4) is 0 Å². The molecular formula is C23H25N3O4S. The molecule has 4 rings (SSSR count). The maximum atomic E-state index is 12.7. The summed E-state index contributed by atoms with van der Waals surface area (Å²) in [7, 11) is 0. The van der Waals surface area contributed by atoms with E-state index < -0.39 is 17.8 Å². The van der Waals surface area contributed by atoms with E-state index in [2.05, 4.69) is 12.1 Å². The molecule has 8 heteroatoms. The number of rotatable bonds is 7. The minimum absolute atomic E-state index is 0.138. The van der Waals surface area contributed by atoms with Crippen molar-refractivity contribution in [2.75, 3.05) is 26.2 Å². The first-order valence-corrected chi connectivity index (χ1v) is 11.4. The SMILES string of the molecule is O=C(CN1C(=O)C(=O)N(CCc2cccs2)C1=O)N1CCC(Cc2ccccc2)CC1. The molecule has 1 aromatic carbocycles. The predicted molar refractivity (Wildman–Crippen MR) is 116 cm³/mol. The van der Waals surface area contributed by atoms with Crippen LogP contribution < -0.4 is 0 Å². The van der Waals surface area contributed by atoms with Gasteiger partial charge in [0.15, 0.2) is 0 Å². The molecule has 2 aromatic rings. The highest BCUT2D eigenvalue weighted by Crippen LogP contribution is 2.22. The highest BCUT2D eigenvalue weighted by Gasteiger charge is 2.45. The average Bonchev–Trinajstić information content (AvgIpc) is 3.37. The van der Waals surface area contributed by atoms with Crippen molar-refractivity contribution < 1.29 is 19.2 Å². The first-order chi connectivity index (χ1) is 15.0. The van der Waals surface area contributed by atoms with E-state index in [1.807, 2.05) is 35.7 Å². The number of imide groups is 2. The van der Waals surface area contributed by atoms with Crippen molar-refractivity contribution in [1.82, 2.24) is 14.7 Å². The molecule has 2 aliphatic heterocycles. The van der Waals surface area contributed by atoms with Crippen LogP contribution in [-0.4, -0.2) is 64.6 Å². The predicted octanol–water partition coefficient (Wildman–Crippen LogP) is 2.56. The molecule has 1 aromatic heterocycles. The Hall–Kier alpha value is -3.00. The van der Waals surface area contributed by atoms with Gasteiger partial charge in [-0.1, -0.05) is 36.4 Å². The van der Waals surface area contributed by atoms with Gasteiger partial charge in [0.05, 0.1) is 0 Å². The summed E-state index contributed by atoms with van der Waals surface area (Å²) in [5.74, 6) is -1.54. The summed E-state index contributed by atoms with van der Waals surface area (Å²) in [6, 6.07) is 13.4. The Kier molecular flexibility index (Phi) is 6.46. The van der Waals surface area contributed by atoms with Crippen LogP contribution >= 0.6 is 11.3 Å². The lowest BCUT2D eigenvalue weighted by molar-refractivity contribution is -0.145. The maximum Gasteiger partial charge on any atom is 0.334 e. The van der Waals surface area contributed by atoms with Gasteiger partial charge in [-0.25, -0.2) is 9.69 Å². The zero-order chi connectivity index (χ0) is 21.8. The highest BCUT2D eigenvalue weighted by atomic mass is 32.1. The van der Waals surface area contributed by atoms with Crippen molar-refractivity contribution in [2.45, 2.75) is 25.7 Å². The number of nitrogens with zero attached hydrogens (tertiary/aromatic N) is 3. The van der Waals surface area contributed by atoms with E-state index in [1.165, 1.54) is 16.9 Å². The Labute approximate surface area is 185 Å². The van der Waals surface area contributed by atoms with Crippen LogP contribution in [0.25, 0.3) is 0 Å². The number of carbonyl (C=O) groups excluding carboxylic acids is 4. The number of hydrogen-bond acceptors (Lipinski definition) is 5. The zero-order valence-corrected chi connectivity index (χ0v) is 18.1. The van der Waals surface area contributed by atoms with Crippen molar-refractivity contribution in [3.05, 3.63) is 58.3 Å². The van der Waals surface area contributed by atoms with E-state index >= 15 is 0 Å². The molecular weight excluding hydrogens is 414 g/mol. The van der Waals surface area contributed by atoms with Crippen LogP contribution in [0.15, 0.2) is 47.8 Å². The van der Waals surface area contributed by atoms with Crippen LogP contribution in [0.4, 0.5) is 4.79 Å². The quantitative estimate of drug-likeness (QED) is 0.491. The molecule has 0 aliphatic carbocycles. The summed E-state index contributed by atoms with van der Waals surface area (Å²) >= 11 is 1.53. The maximum absolute atomic E-state index is 12.7. The Morgan fingerprint density at radius 3 is 2.32 bits per heavy atom.